The molecule has 0 radical (unpaired) electrons. The minimum absolute atomic E-state index is 0.0876. The van der Waals surface area contributed by atoms with E-state index in [-0.39, 0.29) is 12.5 Å². The number of hydrogen-bond donors (Lipinski definition) is 1. The number of hydrogen-bond acceptors (Lipinski definition) is 3. The van der Waals surface area contributed by atoms with Crippen LogP contribution in [0.4, 0.5) is 10.2 Å². The van der Waals surface area contributed by atoms with E-state index in [2.05, 4.69) is 10.3 Å². The summed E-state index contributed by atoms with van der Waals surface area (Å²) in [5, 5.41) is 2.75. The molecule has 1 heterocycles. The smallest absolute Gasteiger partial charge is 0.239 e. The molecule has 0 spiro atoms. The molecule has 5 heteroatoms. The highest BCUT2D eigenvalue weighted by Crippen LogP contribution is 2.07. The molecule has 1 aromatic rings. The van der Waals surface area contributed by atoms with Gasteiger partial charge in [-0.05, 0) is 18.6 Å². The molecule has 4 nitrogen and oxygen atoms in total. The van der Waals surface area contributed by atoms with Crippen molar-refractivity contribution in [3.05, 3.63) is 24.1 Å². The van der Waals surface area contributed by atoms with Crippen LogP contribution in [0.2, 0.25) is 0 Å². The number of likely N-dealkylation sites (N-methyl/N-ethyl adjacent to an activating group) is 1. The molecule has 0 fully saturated rings. The fraction of sp³-hybridized carbons (Fsp3) is 0.455. The number of nitrogens with one attached hydrogen (secondary N) is 1. The van der Waals surface area contributed by atoms with E-state index in [1.54, 1.807) is 24.1 Å². The molecule has 88 valence electrons. The van der Waals surface area contributed by atoms with Crippen LogP contribution in [0, 0.1) is 5.95 Å². The largest absolute Gasteiger partial charge is 0.355 e. The number of carbonyl (C=O) groups excluding carboxylic acids is 1. The lowest BCUT2D eigenvalue weighted by molar-refractivity contribution is -0.119. The highest BCUT2D eigenvalue weighted by molar-refractivity contribution is 5.80. The first-order valence-corrected chi connectivity index (χ1v) is 5.24. The topological polar surface area (TPSA) is 45.2 Å². The van der Waals surface area contributed by atoms with Gasteiger partial charge in [-0.25, -0.2) is 4.98 Å². The Morgan fingerprint density at radius 1 is 1.56 bits per heavy atom. The first-order valence-electron chi connectivity index (χ1n) is 5.24. The zero-order valence-electron chi connectivity index (χ0n) is 9.53. The van der Waals surface area contributed by atoms with Crippen molar-refractivity contribution in [1.29, 1.82) is 0 Å². The average Bonchev–Trinajstić information content (AvgIpc) is 2.26. The first-order chi connectivity index (χ1) is 7.63. The summed E-state index contributed by atoms with van der Waals surface area (Å²) >= 11 is 0. The second-order valence-corrected chi connectivity index (χ2v) is 3.52. The third-order valence-electron chi connectivity index (χ3n) is 2.04. The summed E-state index contributed by atoms with van der Waals surface area (Å²) in [6.07, 6.45) is 0.896. The summed E-state index contributed by atoms with van der Waals surface area (Å²) in [6, 6.07) is 4.50. The van der Waals surface area contributed by atoms with Gasteiger partial charge in [0.25, 0.3) is 0 Å². The molecule has 0 aromatic carbocycles. The Morgan fingerprint density at radius 3 is 2.94 bits per heavy atom. The van der Waals surface area contributed by atoms with E-state index < -0.39 is 5.95 Å². The van der Waals surface area contributed by atoms with Crippen molar-refractivity contribution >= 4 is 11.7 Å². The lowest BCUT2D eigenvalue weighted by Crippen LogP contribution is -2.35. The maximum absolute atomic E-state index is 12.8. The highest BCUT2D eigenvalue weighted by Gasteiger charge is 2.08. The van der Waals surface area contributed by atoms with Gasteiger partial charge in [-0.15, -0.1) is 0 Å². The van der Waals surface area contributed by atoms with Gasteiger partial charge < -0.3 is 10.2 Å². The van der Waals surface area contributed by atoms with Crippen LogP contribution < -0.4 is 10.2 Å². The number of rotatable bonds is 5. The second kappa shape index (κ2) is 6.05. The maximum Gasteiger partial charge on any atom is 0.239 e. The number of carbonyl (C=O) groups is 1. The molecule has 0 aliphatic heterocycles. The molecule has 0 aliphatic rings. The molecule has 0 saturated carbocycles. The summed E-state index contributed by atoms with van der Waals surface area (Å²) < 4.78 is 12.8. The summed E-state index contributed by atoms with van der Waals surface area (Å²) in [4.78, 5) is 16.7. The van der Waals surface area contributed by atoms with Crippen molar-refractivity contribution in [3.8, 4) is 0 Å². The number of amides is 1. The van der Waals surface area contributed by atoms with Gasteiger partial charge in [-0.3, -0.25) is 4.79 Å². The predicted octanol–water partition coefficient (Wildman–Crippen LogP) is 1.18. The molecule has 0 aliphatic carbocycles. The van der Waals surface area contributed by atoms with E-state index in [0.29, 0.717) is 12.4 Å². The Morgan fingerprint density at radius 2 is 2.31 bits per heavy atom. The van der Waals surface area contributed by atoms with Crippen LogP contribution in [-0.2, 0) is 4.79 Å². The van der Waals surface area contributed by atoms with Gasteiger partial charge in [-0.1, -0.05) is 13.0 Å². The zero-order chi connectivity index (χ0) is 12.0. The van der Waals surface area contributed by atoms with Crippen LogP contribution in [0.25, 0.3) is 0 Å². The number of nitrogens with zero attached hydrogens (tertiary/aromatic N) is 2. The van der Waals surface area contributed by atoms with Gasteiger partial charge in [0.05, 0.1) is 6.54 Å². The third kappa shape index (κ3) is 3.84. The molecule has 1 aromatic heterocycles. The minimum atomic E-state index is -0.543. The number of aromatic nitrogens is 1. The minimum Gasteiger partial charge on any atom is -0.355 e. The summed E-state index contributed by atoms with van der Waals surface area (Å²) in [6.45, 7) is 2.82. The van der Waals surface area contributed by atoms with Crippen molar-refractivity contribution < 1.29 is 9.18 Å². The van der Waals surface area contributed by atoms with Gasteiger partial charge >= 0.3 is 0 Å². The van der Waals surface area contributed by atoms with Crippen LogP contribution >= 0.6 is 0 Å². The Bertz CT molecular complexity index is 357. The van der Waals surface area contributed by atoms with Gasteiger partial charge in [0, 0.05) is 13.6 Å². The summed E-state index contributed by atoms with van der Waals surface area (Å²) in [5.41, 5.74) is 0. The summed E-state index contributed by atoms with van der Waals surface area (Å²) in [5.74, 6) is -0.180. The molecule has 0 atom stereocenters. The van der Waals surface area contributed by atoms with E-state index in [4.69, 9.17) is 0 Å². The quantitative estimate of drug-likeness (QED) is 0.765. The van der Waals surface area contributed by atoms with E-state index in [1.807, 2.05) is 6.92 Å². The lowest BCUT2D eigenvalue weighted by Gasteiger charge is -2.17. The second-order valence-electron chi connectivity index (χ2n) is 3.52. The molecular formula is C11H16FN3O. The molecule has 16 heavy (non-hydrogen) atoms. The van der Waals surface area contributed by atoms with Gasteiger partial charge in [-0.2, -0.15) is 4.39 Å². The molecule has 1 amide bonds. The van der Waals surface area contributed by atoms with Crippen molar-refractivity contribution in [2.45, 2.75) is 13.3 Å². The Hall–Kier alpha value is -1.65. The van der Waals surface area contributed by atoms with E-state index in [1.165, 1.54) is 6.07 Å². The van der Waals surface area contributed by atoms with Crippen molar-refractivity contribution in [2.75, 3.05) is 25.0 Å². The summed E-state index contributed by atoms with van der Waals surface area (Å²) in [7, 11) is 1.70. The van der Waals surface area contributed by atoms with Crippen molar-refractivity contribution in [3.63, 3.8) is 0 Å². The van der Waals surface area contributed by atoms with Crippen LogP contribution in [-0.4, -0.2) is 31.0 Å². The SMILES string of the molecule is CCCNC(=O)CN(C)c1cccc(F)n1. The number of pyridine rings is 1. The van der Waals surface area contributed by atoms with Gasteiger partial charge in [0.15, 0.2) is 0 Å². The van der Waals surface area contributed by atoms with E-state index >= 15 is 0 Å². The number of halogens is 1. The maximum atomic E-state index is 12.8. The molecule has 0 saturated heterocycles. The van der Waals surface area contributed by atoms with Crippen LogP contribution in [0.5, 0.6) is 0 Å². The molecule has 1 N–H and O–H groups in total. The van der Waals surface area contributed by atoms with Crippen LogP contribution in [0.1, 0.15) is 13.3 Å². The van der Waals surface area contributed by atoms with Crippen molar-refractivity contribution in [1.82, 2.24) is 10.3 Å². The molecule has 0 unspecified atom stereocenters. The van der Waals surface area contributed by atoms with E-state index in [0.717, 1.165) is 6.42 Å². The standard InChI is InChI=1S/C11H16FN3O/c1-3-7-13-11(16)8-15(2)10-6-4-5-9(12)14-10/h4-6H,3,7-8H2,1-2H3,(H,13,16). The predicted molar refractivity (Wildman–Crippen MR) is 60.8 cm³/mol. The lowest BCUT2D eigenvalue weighted by atomic mass is 10.4. The van der Waals surface area contributed by atoms with Gasteiger partial charge in [0.1, 0.15) is 5.82 Å². The average molecular weight is 225 g/mol. The third-order valence-corrected chi connectivity index (χ3v) is 2.04. The molecular weight excluding hydrogens is 209 g/mol. The fourth-order valence-electron chi connectivity index (χ4n) is 1.23. The Labute approximate surface area is 94.5 Å². The molecule has 1 rings (SSSR count). The fourth-order valence-corrected chi connectivity index (χ4v) is 1.23. The highest BCUT2D eigenvalue weighted by atomic mass is 19.1. The zero-order valence-corrected chi connectivity index (χ0v) is 9.53. The normalized spacial score (nSPS) is 9.94. The molecule has 0 bridgehead atoms. The first kappa shape index (κ1) is 12.4. The monoisotopic (exact) mass is 225 g/mol. The number of anilines is 1. The van der Waals surface area contributed by atoms with E-state index in [9.17, 15) is 9.18 Å². The van der Waals surface area contributed by atoms with Crippen LogP contribution in [0.15, 0.2) is 18.2 Å². The van der Waals surface area contributed by atoms with Crippen LogP contribution in [0.3, 0.4) is 0 Å². The van der Waals surface area contributed by atoms with Gasteiger partial charge in [0.2, 0.25) is 11.9 Å². The van der Waals surface area contributed by atoms with Crippen molar-refractivity contribution in [2.24, 2.45) is 0 Å². The Balaban J connectivity index is 2.52. The Kier molecular flexibility index (Phi) is 4.69.